The molecule has 16 aromatic rings. The summed E-state index contributed by atoms with van der Waals surface area (Å²) in [5.41, 5.74) is 13.9. The molecule has 0 aliphatic rings. The summed E-state index contributed by atoms with van der Waals surface area (Å²) in [7, 11) is 0. The fourth-order valence-corrected chi connectivity index (χ4v) is 14.1. The third-order valence-corrected chi connectivity index (χ3v) is 17.5. The number of hydrogen-bond donors (Lipinski definition) is 0. The monoisotopic (exact) mass is 1010 g/mol. The average molecular weight is 1010 g/mol. The largest absolute Gasteiger partial charge is 0.455 e. The second-order valence-corrected chi connectivity index (χ2v) is 21.7. The Morgan fingerprint density at radius 3 is 1.01 bits per heavy atom. The van der Waals surface area contributed by atoms with E-state index in [-0.39, 0.29) is 0 Å². The van der Waals surface area contributed by atoms with Crippen molar-refractivity contribution in [3.05, 3.63) is 255 Å². The van der Waals surface area contributed by atoms with E-state index < -0.39 is 0 Å². The number of thiophene rings is 2. The van der Waals surface area contributed by atoms with E-state index in [2.05, 4.69) is 265 Å². The minimum absolute atomic E-state index is 0.818. The van der Waals surface area contributed by atoms with Crippen LogP contribution >= 0.6 is 22.7 Å². The molecule has 0 unspecified atom stereocenters. The first-order valence-electron chi connectivity index (χ1n) is 25.6. The summed E-state index contributed by atoms with van der Waals surface area (Å²) in [5, 5.41) is 11.6. The van der Waals surface area contributed by atoms with Crippen LogP contribution in [0, 0.1) is 0 Å². The molecule has 6 heteroatoms. The fraction of sp³-hybridized carbons (Fsp3) is 0. The van der Waals surface area contributed by atoms with E-state index in [9.17, 15) is 0 Å². The molecule has 0 spiro atoms. The van der Waals surface area contributed by atoms with E-state index in [1.54, 1.807) is 0 Å². The van der Waals surface area contributed by atoms with Crippen molar-refractivity contribution in [3.8, 4) is 22.3 Å². The Bertz CT molecular complexity index is 4630. The zero-order valence-corrected chi connectivity index (χ0v) is 42.4. The number of nitrogens with zero attached hydrogens (tertiary/aromatic N) is 2. The number of hydrogen-bond acceptors (Lipinski definition) is 6. The summed E-state index contributed by atoms with van der Waals surface area (Å²) in [6, 6.07) is 91.8. The van der Waals surface area contributed by atoms with Gasteiger partial charge in [-0.15, -0.1) is 22.7 Å². The lowest BCUT2D eigenvalue weighted by Crippen LogP contribution is -2.09. The lowest BCUT2D eigenvalue weighted by molar-refractivity contribution is 0.669. The Morgan fingerprint density at radius 1 is 0.250 bits per heavy atom. The first-order valence-corrected chi connectivity index (χ1v) is 27.3. The molecule has 0 fully saturated rings. The van der Waals surface area contributed by atoms with Gasteiger partial charge in [0.25, 0.3) is 0 Å². The Labute approximate surface area is 444 Å². The summed E-state index contributed by atoms with van der Waals surface area (Å²) in [5.74, 6) is 0. The number of para-hydroxylation sites is 2. The average Bonchev–Trinajstić information content (AvgIpc) is 4.39. The molecule has 0 aliphatic carbocycles. The van der Waals surface area contributed by atoms with E-state index in [4.69, 9.17) is 8.83 Å². The minimum Gasteiger partial charge on any atom is -0.455 e. The standard InChI is InChI=1S/C70H42N2O2S2/c1-5-17-43(18-6-1)57-41-59-60(67-55-35-31-47(37-61(55)73-69(57)67)71(45-21-9-3-10-22-45)49-29-33-53-51-25-13-15-27-63(51)75-65(53)39-49)42-58(44-19-7-2-8-20-44)70-68(59)56-36-32-48(38-62(56)74-70)72(46-23-11-4-12-24-46)50-30-34-54-52-26-14-16-28-64(52)76-66(54)40-50/h1-42H. The quantitative estimate of drug-likeness (QED) is 0.152. The molecule has 76 heavy (non-hydrogen) atoms. The molecule has 12 aromatic carbocycles. The molecule has 0 radical (unpaired) electrons. The van der Waals surface area contributed by atoms with Crippen molar-refractivity contribution < 1.29 is 8.83 Å². The number of furan rings is 2. The van der Waals surface area contributed by atoms with Crippen LogP contribution in [0.15, 0.2) is 264 Å². The summed E-state index contributed by atoms with van der Waals surface area (Å²) < 4.78 is 19.6. The van der Waals surface area contributed by atoms with Crippen molar-refractivity contribution in [2.45, 2.75) is 0 Å². The molecule has 356 valence electrons. The topological polar surface area (TPSA) is 32.8 Å². The maximum Gasteiger partial charge on any atom is 0.143 e. The van der Waals surface area contributed by atoms with Crippen molar-refractivity contribution in [1.82, 2.24) is 0 Å². The molecule has 0 bridgehead atoms. The van der Waals surface area contributed by atoms with Crippen molar-refractivity contribution >= 4 is 152 Å². The SMILES string of the molecule is c1ccc(-c2cc3c(cc(-c4ccccc4)c4oc5cc(N(c6ccccc6)c6ccc7c(c6)sc6ccccc67)ccc5c43)c3c2oc2cc(N(c4ccccc4)c4ccc5c(c4)sc4ccccc45)ccc23)cc1. The van der Waals surface area contributed by atoms with Crippen LogP contribution in [-0.4, -0.2) is 0 Å². The first kappa shape index (κ1) is 43.0. The molecule has 0 amide bonds. The van der Waals surface area contributed by atoms with Crippen molar-refractivity contribution in [2.24, 2.45) is 0 Å². The highest BCUT2D eigenvalue weighted by Gasteiger charge is 2.25. The van der Waals surface area contributed by atoms with E-state index in [1.165, 1.54) is 40.3 Å². The second-order valence-electron chi connectivity index (χ2n) is 19.5. The van der Waals surface area contributed by atoms with Crippen LogP contribution in [0.25, 0.3) is 117 Å². The lowest BCUT2D eigenvalue weighted by Gasteiger charge is -2.25. The number of rotatable bonds is 8. The third-order valence-electron chi connectivity index (χ3n) is 15.2. The van der Waals surface area contributed by atoms with Gasteiger partial charge in [0.15, 0.2) is 0 Å². The van der Waals surface area contributed by atoms with Crippen LogP contribution in [0.1, 0.15) is 0 Å². The molecular formula is C70H42N2O2S2. The van der Waals surface area contributed by atoms with Gasteiger partial charge in [-0.3, -0.25) is 0 Å². The molecule has 0 aliphatic heterocycles. The zero-order chi connectivity index (χ0) is 49.8. The summed E-state index contributed by atoms with van der Waals surface area (Å²) in [4.78, 5) is 4.69. The molecule has 4 aromatic heterocycles. The smallest absolute Gasteiger partial charge is 0.143 e. The van der Waals surface area contributed by atoms with Crippen LogP contribution in [0.2, 0.25) is 0 Å². The number of anilines is 6. The molecule has 16 rings (SSSR count). The third kappa shape index (κ3) is 6.75. The molecule has 0 saturated carbocycles. The maximum absolute atomic E-state index is 7.26. The normalized spacial score (nSPS) is 11.9. The Balaban J connectivity index is 0.929. The Kier molecular flexibility index (Phi) is 9.64. The van der Waals surface area contributed by atoms with Crippen LogP contribution in [0.4, 0.5) is 34.1 Å². The predicted molar refractivity (Wildman–Crippen MR) is 325 cm³/mol. The van der Waals surface area contributed by atoms with Gasteiger partial charge < -0.3 is 18.6 Å². The van der Waals surface area contributed by atoms with Crippen LogP contribution in [0.5, 0.6) is 0 Å². The van der Waals surface area contributed by atoms with Gasteiger partial charge in [0, 0.05) is 119 Å². The van der Waals surface area contributed by atoms with Crippen LogP contribution in [-0.2, 0) is 0 Å². The Morgan fingerprint density at radius 2 is 0.592 bits per heavy atom. The van der Waals surface area contributed by atoms with Crippen molar-refractivity contribution in [3.63, 3.8) is 0 Å². The van der Waals surface area contributed by atoms with Gasteiger partial charge >= 0.3 is 0 Å². The van der Waals surface area contributed by atoms with E-state index in [0.717, 1.165) is 111 Å². The van der Waals surface area contributed by atoms with E-state index >= 15 is 0 Å². The lowest BCUT2D eigenvalue weighted by atomic mass is 9.91. The molecular weight excluding hydrogens is 965 g/mol. The van der Waals surface area contributed by atoms with Gasteiger partial charge in [0.05, 0.1) is 0 Å². The van der Waals surface area contributed by atoms with E-state index in [1.807, 2.05) is 22.7 Å². The maximum atomic E-state index is 7.26. The van der Waals surface area contributed by atoms with Gasteiger partial charge in [-0.2, -0.15) is 0 Å². The summed E-state index contributed by atoms with van der Waals surface area (Å²) in [6.45, 7) is 0. The minimum atomic E-state index is 0.818. The number of benzene rings is 12. The van der Waals surface area contributed by atoms with Gasteiger partial charge in [-0.25, -0.2) is 0 Å². The highest BCUT2D eigenvalue weighted by molar-refractivity contribution is 7.26. The molecule has 4 nitrogen and oxygen atoms in total. The highest BCUT2D eigenvalue weighted by atomic mass is 32.1. The van der Waals surface area contributed by atoms with E-state index in [0.29, 0.717) is 0 Å². The highest BCUT2D eigenvalue weighted by Crippen LogP contribution is 2.50. The second kappa shape index (κ2) is 17.0. The zero-order valence-electron chi connectivity index (χ0n) is 40.8. The van der Waals surface area contributed by atoms with Gasteiger partial charge in [0.2, 0.25) is 0 Å². The predicted octanol–water partition coefficient (Wildman–Crippen LogP) is 21.6. The number of fused-ring (bicyclic) bond motifs is 15. The van der Waals surface area contributed by atoms with Crippen LogP contribution in [0.3, 0.4) is 0 Å². The first-order chi connectivity index (χ1) is 37.7. The molecule has 0 N–H and O–H groups in total. The summed E-state index contributed by atoms with van der Waals surface area (Å²) in [6.07, 6.45) is 0. The summed E-state index contributed by atoms with van der Waals surface area (Å²) >= 11 is 3.68. The van der Waals surface area contributed by atoms with Crippen molar-refractivity contribution in [2.75, 3.05) is 9.80 Å². The molecule has 4 heterocycles. The molecule has 0 atom stereocenters. The van der Waals surface area contributed by atoms with Gasteiger partial charge in [-0.05, 0) is 119 Å². The molecule has 0 saturated heterocycles. The Hall–Kier alpha value is -9.46. The fourth-order valence-electron chi connectivity index (χ4n) is 11.8. The van der Waals surface area contributed by atoms with Crippen LogP contribution < -0.4 is 9.80 Å². The van der Waals surface area contributed by atoms with Crippen molar-refractivity contribution in [1.29, 1.82) is 0 Å². The van der Waals surface area contributed by atoms with Gasteiger partial charge in [0.1, 0.15) is 22.3 Å². The van der Waals surface area contributed by atoms with Gasteiger partial charge in [-0.1, -0.05) is 146 Å².